The van der Waals surface area contributed by atoms with Crippen molar-refractivity contribution in [3.63, 3.8) is 0 Å². The van der Waals surface area contributed by atoms with Gasteiger partial charge in [-0.15, -0.1) is 0 Å². The van der Waals surface area contributed by atoms with Crippen LogP contribution in [-0.2, 0) is 25.1 Å². The number of carbonyl (C=O) groups is 2. The summed E-state index contributed by atoms with van der Waals surface area (Å²) < 4.78 is 30.0. The van der Waals surface area contributed by atoms with Gasteiger partial charge in [-0.05, 0) is 23.3 Å². The predicted octanol–water partition coefficient (Wildman–Crippen LogP) is 4.42. The highest BCUT2D eigenvalue weighted by Gasteiger charge is 2.49. The van der Waals surface area contributed by atoms with Gasteiger partial charge >= 0.3 is 5.97 Å². The molecule has 3 aromatic carbocycles. The molecule has 204 valence electrons. The number of fused-ring (bicyclic) bond motifs is 3. The van der Waals surface area contributed by atoms with E-state index < -0.39 is 15.9 Å². The second kappa shape index (κ2) is 11.3. The van der Waals surface area contributed by atoms with Gasteiger partial charge in [-0.1, -0.05) is 72.8 Å². The van der Waals surface area contributed by atoms with Crippen LogP contribution in [0.2, 0.25) is 0 Å². The van der Waals surface area contributed by atoms with E-state index in [0.717, 1.165) is 37.2 Å². The normalized spacial score (nSPS) is 23.1. The number of piperidine rings is 3. The molecule has 3 heterocycles. The molecular weight excluding hydrogens is 512 g/mol. The second-order valence-corrected chi connectivity index (χ2v) is 13.1. The average Bonchev–Trinajstić information content (AvgIpc) is 2.92. The number of ketones is 1. The fraction of sp³-hybridized carbons (Fsp3) is 0.355. The first-order valence-corrected chi connectivity index (χ1v) is 15.5. The smallest absolute Gasteiger partial charge is 0.333 e. The lowest BCUT2D eigenvalue weighted by Gasteiger charge is -2.51. The summed E-state index contributed by atoms with van der Waals surface area (Å²) in [4.78, 5) is 26.8. The number of rotatable bonds is 10. The molecule has 6 rings (SSSR count). The molecule has 0 spiro atoms. The Morgan fingerprint density at radius 1 is 0.923 bits per heavy atom. The summed E-state index contributed by atoms with van der Waals surface area (Å²) >= 11 is 0. The van der Waals surface area contributed by atoms with Crippen LogP contribution in [0.15, 0.2) is 84.9 Å². The van der Waals surface area contributed by atoms with Crippen LogP contribution in [-0.4, -0.2) is 63.2 Å². The maximum atomic E-state index is 13.6. The van der Waals surface area contributed by atoms with Crippen molar-refractivity contribution in [3.8, 4) is 0 Å². The third-order valence-electron chi connectivity index (χ3n) is 7.95. The van der Waals surface area contributed by atoms with E-state index in [0.29, 0.717) is 34.6 Å². The van der Waals surface area contributed by atoms with E-state index in [1.807, 2.05) is 60.7 Å². The van der Waals surface area contributed by atoms with E-state index >= 15 is 0 Å². The van der Waals surface area contributed by atoms with E-state index in [1.54, 1.807) is 24.3 Å². The number of hydrogen-bond donors (Lipinski definition) is 1. The zero-order valence-corrected chi connectivity index (χ0v) is 23.0. The van der Waals surface area contributed by atoms with Crippen molar-refractivity contribution >= 4 is 27.3 Å². The van der Waals surface area contributed by atoms with Gasteiger partial charge in [0.15, 0.2) is 22.0 Å². The Kier molecular flexibility index (Phi) is 7.86. The third kappa shape index (κ3) is 6.75. The zero-order valence-electron chi connectivity index (χ0n) is 22.2. The van der Waals surface area contributed by atoms with Crippen LogP contribution in [0.25, 0.3) is 0 Å². The minimum absolute atomic E-state index is 0.0271. The summed E-state index contributed by atoms with van der Waals surface area (Å²) in [5, 5.41) is 3.34. The number of ether oxygens (including phenoxy) is 1. The molecule has 0 amide bonds. The van der Waals surface area contributed by atoms with Crippen molar-refractivity contribution in [2.24, 2.45) is 5.92 Å². The number of benzene rings is 3. The van der Waals surface area contributed by atoms with Gasteiger partial charge in [-0.25, -0.2) is 13.2 Å². The number of sulfone groups is 1. The Morgan fingerprint density at radius 3 is 2.15 bits per heavy atom. The maximum Gasteiger partial charge on any atom is 0.333 e. The van der Waals surface area contributed by atoms with Crippen molar-refractivity contribution < 1.29 is 27.2 Å². The van der Waals surface area contributed by atoms with Crippen LogP contribution in [0.1, 0.15) is 40.4 Å². The third-order valence-corrected chi connectivity index (χ3v) is 8.80. The Balaban J connectivity index is 1.27. The molecule has 8 heteroatoms. The van der Waals surface area contributed by atoms with E-state index in [2.05, 4.69) is 5.32 Å². The topological polar surface area (TPSA) is 89.5 Å². The van der Waals surface area contributed by atoms with Crippen LogP contribution in [0.4, 0.5) is 5.69 Å². The molecule has 7 nitrogen and oxygen atoms in total. The molecular formula is C31H35N2O5S+. The van der Waals surface area contributed by atoms with Crippen LogP contribution in [0.5, 0.6) is 0 Å². The summed E-state index contributed by atoms with van der Waals surface area (Å²) in [6, 6.07) is 25.5. The number of hydrogen-bond acceptors (Lipinski definition) is 6. The molecule has 3 fully saturated rings. The Hall–Kier alpha value is -3.49. The number of esters is 1. The first kappa shape index (κ1) is 27.1. The second-order valence-electron chi connectivity index (χ2n) is 11.0. The SMILES string of the molecule is CS(=O)(=O)Cc1ccc(C(=O)C[N+]23CCC(CC2)[C@@H](OC(=O)[C@H](Nc2ccccc2)c2ccccc2)C3)cc1. The van der Waals surface area contributed by atoms with Crippen LogP contribution >= 0.6 is 0 Å². The molecule has 1 N–H and O–H groups in total. The average molecular weight is 548 g/mol. The Morgan fingerprint density at radius 2 is 1.54 bits per heavy atom. The largest absolute Gasteiger partial charge is 0.454 e. The van der Waals surface area contributed by atoms with Crippen molar-refractivity contribution in [3.05, 3.63) is 102 Å². The number of para-hydroxylation sites is 1. The fourth-order valence-electron chi connectivity index (χ4n) is 5.90. The van der Waals surface area contributed by atoms with E-state index in [4.69, 9.17) is 4.74 Å². The molecule has 0 aromatic heterocycles. The number of anilines is 1. The van der Waals surface area contributed by atoms with Crippen LogP contribution < -0.4 is 5.32 Å². The Bertz CT molecular complexity index is 1400. The van der Waals surface area contributed by atoms with Gasteiger partial charge in [0.25, 0.3) is 0 Å². The van der Waals surface area contributed by atoms with E-state index in [1.165, 1.54) is 6.26 Å². The molecule has 0 aliphatic carbocycles. The minimum Gasteiger partial charge on any atom is -0.454 e. The number of nitrogens with one attached hydrogen (secondary N) is 1. The van der Waals surface area contributed by atoms with Gasteiger partial charge in [-0.3, -0.25) is 4.79 Å². The first-order chi connectivity index (χ1) is 18.7. The number of carbonyl (C=O) groups excluding carboxylic acids is 2. The molecule has 39 heavy (non-hydrogen) atoms. The van der Waals surface area contributed by atoms with E-state index in [9.17, 15) is 18.0 Å². The highest BCUT2D eigenvalue weighted by atomic mass is 32.2. The lowest BCUT2D eigenvalue weighted by molar-refractivity contribution is -0.938. The number of quaternary nitrogens is 1. The summed E-state index contributed by atoms with van der Waals surface area (Å²) in [5.74, 6) is -0.0274. The molecule has 2 atom stereocenters. The predicted molar refractivity (Wildman–Crippen MR) is 151 cm³/mol. The summed E-state index contributed by atoms with van der Waals surface area (Å²) in [6.45, 7) is 2.75. The first-order valence-electron chi connectivity index (χ1n) is 13.4. The zero-order chi connectivity index (χ0) is 27.5. The van der Waals surface area contributed by atoms with Gasteiger partial charge in [0.1, 0.15) is 13.1 Å². The molecule has 2 bridgehead atoms. The molecule has 3 saturated heterocycles. The quantitative estimate of drug-likeness (QED) is 0.230. The van der Waals surface area contributed by atoms with Gasteiger partial charge in [0.05, 0.1) is 18.8 Å². The molecule has 3 aliphatic rings. The molecule has 0 unspecified atom stereocenters. The van der Waals surface area contributed by atoms with Crippen molar-refractivity contribution in [2.45, 2.75) is 30.7 Å². The highest BCUT2D eigenvalue weighted by Crippen LogP contribution is 2.37. The molecule has 0 radical (unpaired) electrons. The summed E-state index contributed by atoms with van der Waals surface area (Å²) in [5.41, 5.74) is 2.93. The standard InChI is InChI=1S/C31H35N2O5S/c1-39(36,37)22-23-12-14-24(15-13-23)28(34)20-33-18-16-25(17-19-33)29(21-33)38-31(35)30(26-8-4-2-5-9-26)32-27-10-6-3-7-11-27/h2-15,25,29-30,32H,16-22H2,1H3/q+1/t25?,29-,30+,33?/m0/s1. The summed E-state index contributed by atoms with van der Waals surface area (Å²) in [7, 11) is -3.13. The lowest BCUT2D eigenvalue weighted by Crippen LogP contribution is -2.65. The number of Topliss-reactive ketones (excluding diaryl/α,β-unsaturated/α-hetero) is 1. The van der Waals surface area contributed by atoms with Crippen molar-refractivity contribution in [1.29, 1.82) is 0 Å². The van der Waals surface area contributed by atoms with Gasteiger partial charge < -0.3 is 14.5 Å². The van der Waals surface area contributed by atoms with Crippen LogP contribution in [0, 0.1) is 5.92 Å². The number of nitrogens with zero attached hydrogens (tertiary/aromatic N) is 1. The molecule has 3 aromatic rings. The van der Waals surface area contributed by atoms with Gasteiger partial charge in [-0.2, -0.15) is 0 Å². The fourth-order valence-corrected chi connectivity index (χ4v) is 6.70. The van der Waals surface area contributed by atoms with Crippen molar-refractivity contribution in [1.82, 2.24) is 0 Å². The molecule has 3 aliphatic heterocycles. The van der Waals surface area contributed by atoms with E-state index in [-0.39, 0.29) is 23.6 Å². The maximum absolute atomic E-state index is 13.6. The lowest BCUT2D eigenvalue weighted by atomic mass is 9.82. The van der Waals surface area contributed by atoms with Gasteiger partial charge in [0, 0.05) is 36.3 Å². The highest BCUT2D eigenvalue weighted by molar-refractivity contribution is 7.89. The molecule has 0 saturated carbocycles. The summed E-state index contributed by atoms with van der Waals surface area (Å²) in [6.07, 6.45) is 2.79. The van der Waals surface area contributed by atoms with Crippen LogP contribution in [0.3, 0.4) is 0 Å². The minimum atomic E-state index is -3.13. The Labute approximate surface area is 230 Å². The van der Waals surface area contributed by atoms with Gasteiger partial charge in [0.2, 0.25) is 5.78 Å². The monoisotopic (exact) mass is 547 g/mol. The van der Waals surface area contributed by atoms with Crippen molar-refractivity contribution in [2.75, 3.05) is 37.8 Å².